The van der Waals surface area contributed by atoms with Crippen molar-refractivity contribution < 1.29 is 22.4 Å². The van der Waals surface area contributed by atoms with Gasteiger partial charge in [0, 0.05) is 7.05 Å². The maximum atomic E-state index is 13.4. The molecule has 17 heavy (non-hydrogen) atoms. The summed E-state index contributed by atoms with van der Waals surface area (Å²) in [4.78, 5) is 11.5. The second-order valence-electron chi connectivity index (χ2n) is 3.82. The van der Waals surface area contributed by atoms with Gasteiger partial charge in [-0.3, -0.25) is 4.79 Å². The normalized spacial score (nSPS) is 15.4. The fourth-order valence-electron chi connectivity index (χ4n) is 1.45. The summed E-state index contributed by atoms with van der Waals surface area (Å²) in [6.07, 6.45) is -2.22. The highest BCUT2D eigenvalue weighted by molar-refractivity contribution is 5.95. The highest BCUT2D eigenvalue weighted by Crippen LogP contribution is 2.31. The lowest BCUT2D eigenvalue weighted by molar-refractivity contribution is 0.0135. The van der Waals surface area contributed by atoms with Gasteiger partial charge in [-0.15, -0.1) is 0 Å². The molecule has 2 rings (SSSR count). The Morgan fingerprint density at radius 2 is 2.12 bits per heavy atom. The van der Waals surface area contributed by atoms with Gasteiger partial charge in [-0.2, -0.15) is 14.6 Å². The van der Waals surface area contributed by atoms with Gasteiger partial charge in [-0.1, -0.05) is 4.48 Å². The first-order chi connectivity index (χ1) is 7.93. The molecular formula is C9H9F4N3O. The summed E-state index contributed by atoms with van der Waals surface area (Å²) >= 11 is 0. The Balaban J connectivity index is 2.38. The third-order valence-corrected chi connectivity index (χ3v) is 2.49. The van der Waals surface area contributed by atoms with Gasteiger partial charge in [-0.05, 0) is 12.8 Å². The van der Waals surface area contributed by atoms with Gasteiger partial charge in [0.05, 0.1) is 6.04 Å². The number of hydrogen-bond donors (Lipinski definition) is 0. The number of aryl methyl sites for hydroxylation is 1. The van der Waals surface area contributed by atoms with Crippen molar-refractivity contribution in [2.24, 2.45) is 7.05 Å². The quantitative estimate of drug-likeness (QED) is 0.608. The molecule has 0 aromatic carbocycles. The molecule has 0 N–H and O–H groups in total. The van der Waals surface area contributed by atoms with Crippen molar-refractivity contribution >= 4 is 5.91 Å². The van der Waals surface area contributed by atoms with Gasteiger partial charge < -0.3 is 0 Å². The van der Waals surface area contributed by atoms with Crippen molar-refractivity contribution in [2.75, 3.05) is 0 Å². The Morgan fingerprint density at radius 1 is 1.53 bits per heavy atom. The molecule has 0 bridgehead atoms. The van der Waals surface area contributed by atoms with E-state index >= 15 is 0 Å². The maximum absolute atomic E-state index is 13.4. The lowest BCUT2D eigenvalue weighted by Gasteiger charge is -2.10. The Kier molecular flexibility index (Phi) is 2.80. The first kappa shape index (κ1) is 11.9. The van der Waals surface area contributed by atoms with E-state index in [0.717, 1.165) is 7.05 Å². The fourth-order valence-corrected chi connectivity index (χ4v) is 1.45. The van der Waals surface area contributed by atoms with Crippen LogP contribution in [0.2, 0.25) is 0 Å². The van der Waals surface area contributed by atoms with Crippen molar-refractivity contribution in [2.45, 2.75) is 25.3 Å². The highest BCUT2D eigenvalue weighted by atomic mass is 19.3. The van der Waals surface area contributed by atoms with E-state index in [0.29, 0.717) is 17.5 Å². The van der Waals surface area contributed by atoms with Gasteiger partial charge >= 0.3 is 0 Å². The zero-order valence-corrected chi connectivity index (χ0v) is 8.83. The summed E-state index contributed by atoms with van der Waals surface area (Å²) < 4.78 is 52.3. The molecule has 0 saturated heterocycles. The number of carbonyl (C=O) groups excluding carboxylic acids is 1. The van der Waals surface area contributed by atoms with E-state index in [9.17, 15) is 22.4 Å². The van der Waals surface area contributed by atoms with Crippen LogP contribution in [0, 0.1) is 5.95 Å². The van der Waals surface area contributed by atoms with E-state index in [1.807, 2.05) is 0 Å². The molecule has 1 aromatic heterocycles. The van der Waals surface area contributed by atoms with E-state index in [1.54, 1.807) is 0 Å². The lowest BCUT2D eigenvalue weighted by atomic mass is 10.2. The maximum Gasteiger partial charge on any atom is 0.288 e. The van der Waals surface area contributed by atoms with Crippen LogP contribution in [0.15, 0.2) is 0 Å². The molecule has 1 saturated carbocycles. The average molecular weight is 251 g/mol. The van der Waals surface area contributed by atoms with Crippen LogP contribution in [0.3, 0.4) is 0 Å². The van der Waals surface area contributed by atoms with Gasteiger partial charge in [0.1, 0.15) is 11.3 Å². The Labute approximate surface area is 93.7 Å². The summed E-state index contributed by atoms with van der Waals surface area (Å²) in [6, 6.07) is -0.632. The number of rotatable bonds is 3. The first-order valence-corrected chi connectivity index (χ1v) is 4.93. The minimum atomic E-state index is -3.13. The largest absolute Gasteiger partial charge is 0.288 e. The molecular weight excluding hydrogens is 242 g/mol. The molecule has 0 unspecified atom stereocenters. The van der Waals surface area contributed by atoms with Gasteiger partial charge in [0.15, 0.2) is 0 Å². The molecule has 1 aliphatic carbocycles. The van der Waals surface area contributed by atoms with Crippen LogP contribution in [0.4, 0.5) is 17.7 Å². The average Bonchev–Trinajstić information content (AvgIpc) is 3.05. The van der Waals surface area contributed by atoms with Gasteiger partial charge in [-0.25, -0.2) is 13.5 Å². The van der Waals surface area contributed by atoms with E-state index in [-0.39, 0.29) is 5.12 Å². The molecule has 1 aromatic rings. The molecule has 0 spiro atoms. The minimum absolute atomic E-state index is 0.202. The molecule has 4 nitrogen and oxygen atoms in total. The van der Waals surface area contributed by atoms with Crippen LogP contribution in [-0.4, -0.2) is 26.9 Å². The molecule has 1 heterocycles. The summed E-state index contributed by atoms with van der Waals surface area (Å²) in [5.74, 6) is -2.65. The Bertz CT molecular complexity index is 455. The zero-order chi connectivity index (χ0) is 12.7. The first-order valence-electron chi connectivity index (χ1n) is 4.93. The third kappa shape index (κ3) is 1.98. The monoisotopic (exact) mass is 251 g/mol. The van der Waals surface area contributed by atoms with E-state index in [4.69, 9.17) is 0 Å². The van der Waals surface area contributed by atoms with Crippen LogP contribution in [0.5, 0.6) is 0 Å². The Hall–Kier alpha value is -1.60. The van der Waals surface area contributed by atoms with Crippen LogP contribution in [-0.2, 0) is 7.05 Å². The minimum Gasteiger partial charge on any atom is -0.266 e. The van der Waals surface area contributed by atoms with Crippen LogP contribution < -0.4 is 0 Å². The van der Waals surface area contributed by atoms with Crippen molar-refractivity contribution in [1.29, 1.82) is 0 Å². The van der Waals surface area contributed by atoms with Crippen molar-refractivity contribution in [1.82, 2.24) is 14.9 Å². The summed E-state index contributed by atoms with van der Waals surface area (Å²) in [5.41, 5.74) is -2.02. The summed E-state index contributed by atoms with van der Waals surface area (Å²) in [5, 5.41) is 2.97. The van der Waals surface area contributed by atoms with Crippen molar-refractivity contribution in [3.8, 4) is 0 Å². The number of aromatic nitrogens is 2. The van der Waals surface area contributed by atoms with E-state index in [2.05, 4.69) is 5.10 Å². The predicted octanol–water partition coefficient (Wildman–Crippen LogP) is 1.99. The number of nitrogens with zero attached hydrogens (tertiary/aromatic N) is 3. The van der Waals surface area contributed by atoms with Gasteiger partial charge in [0.2, 0.25) is 5.95 Å². The van der Waals surface area contributed by atoms with Gasteiger partial charge in [0.25, 0.3) is 12.3 Å². The molecule has 1 fully saturated rings. The molecule has 1 aliphatic rings. The molecule has 1 amide bonds. The summed E-state index contributed by atoms with van der Waals surface area (Å²) in [7, 11) is 1.07. The SMILES string of the molecule is Cn1nc(C(F)F)c(C(=O)N(F)C2CC2)c1F. The van der Waals surface area contributed by atoms with Crippen molar-refractivity contribution in [3.05, 3.63) is 17.2 Å². The molecule has 0 radical (unpaired) electrons. The van der Waals surface area contributed by atoms with Crippen molar-refractivity contribution in [3.63, 3.8) is 0 Å². The number of carbonyl (C=O) groups is 1. The number of amides is 1. The van der Waals surface area contributed by atoms with Crippen LogP contribution >= 0.6 is 0 Å². The van der Waals surface area contributed by atoms with E-state index < -0.39 is 35.6 Å². The second kappa shape index (κ2) is 4.01. The third-order valence-electron chi connectivity index (χ3n) is 2.49. The number of halogens is 4. The molecule has 0 atom stereocenters. The molecule has 94 valence electrons. The topological polar surface area (TPSA) is 38.1 Å². The number of hydrogen-bond acceptors (Lipinski definition) is 2. The highest BCUT2D eigenvalue weighted by Gasteiger charge is 2.38. The lowest BCUT2D eigenvalue weighted by Crippen LogP contribution is -2.26. The van der Waals surface area contributed by atoms with Crippen LogP contribution in [0.25, 0.3) is 0 Å². The number of alkyl halides is 2. The fraction of sp³-hybridized carbons (Fsp3) is 0.556. The molecule has 8 heteroatoms. The van der Waals surface area contributed by atoms with Crippen LogP contribution in [0.1, 0.15) is 35.3 Å². The second-order valence-corrected chi connectivity index (χ2v) is 3.82. The smallest absolute Gasteiger partial charge is 0.266 e. The Morgan fingerprint density at radius 3 is 2.59 bits per heavy atom. The molecule has 0 aliphatic heterocycles. The zero-order valence-electron chi connectivity index (χ0n) is 8.83. The standard InChI is InChI=1S/C9H9F4N3O/c1-15-8(12)5(6(14-15)7(10)11)9(17)16(13)4-2-3-4/h4,7H,2-3H2,1H3. The van der Waals surface area contributed by atoms with E-state index in [1.165, 1.54) is 0 Å². The predicted molar refractivity (Wildman–Crippen MR) is 48.4 cm³/mol. The summed E-state index contributed by atoms with van der Waals surface area (Å²) in [6.45, 7) is 0.